The lowest BCUT2D eigenvalue weighted by molar-refractivity contribution is -0.144. The molecule has 0 aromatic carbocycles. The van der Waals surface area contributed by atoms with E-state index in [4.69, 9.17) is 0 Å². The minimum atomic E-state index is -0.439. The maximum Gasteiger partial charge on any atom is 0.233 e. The summed E-state index contributed by atoms with van der Waals surface area (Å²) < 4.78 is 0. The number of carbonyl (C=O) groups excluding carboxylic acids is 3. The number of hydrogen-bond donors (Lipinski definition) is 1. The molecule has 1 N–H and O–H groups in total. The normalized spacial score (nSPS) is 22.7. The molecule has 126 valence electrons. The Kier molecular flexibility index (Phi) is 5.10. The van der Waals surface area contributed by atoms with Gasteiger partial charge in [0.15, 0.2) is 0 Å². The molecule has 1 heterocycles. The summed E-state index contributed by atoms with van der Waals surface area (Å²) in [5.41, 5.74) is -0.587. The molecule has 1 fully saturated rings. The van der Waals surface area contributed by atoms with Crippen LogP contribution in [0.15, 0.2) is 0 Å². The van der Waals surface area contributed by atoms with Crippen LogP contribution in [0.5, 0.6) is 0 Å². The van der Waals surface area contributed by atoms with Crippen molar-refractivity contribution in [1.29, 1.82) is 0 Å². The van der Waals surface area contributed by atoms with Crippen molar-refractivity contribution in [3.05, 3.63) is 0 Å². The first-order chi connectivity index (χ1) is 9.75. The summed E-state index contributed by atoms with van der Waals surface area (Å²) in [6.45, 7) is 15.1. The van der Waals surface area contributed by atoms with Crippen molar-refractivity contribution in [1.82, 2.24) is 10.2 Å². The second-order valence-corrected chi connectivity index (χ2v) is 8.49. The summed E-state index contributed by atoms with van der Waals surface area (Å²) in [6, 6.07) is -0.435. The summed E-state index contributed by atoms with van der Waals surface area (Å²) in [5, 5.41) is 2.91. The van der Waals surface area contributed by atoms with Crippen LogP contribution in [0.4, 0.5) is 0 Å². The van der Waals surface area contributed by atoms with Crippen molar-refractivity contribution in [2.24, 2.45) is 17.3 Å². The maximum atomic E-state index is 12.6. The smallest absolute Gasteiger partial charge is 0.233 e. The van der Waals surface area contributed by atoms with Crippen LogP contribution < -0.4 is 5.32 Å². The number of carbonyl (C=O) groups is 3. The van der Waals surface area contributed by atoms with Gasteiger partial charge in [-0.25, -0.2) is 0 Å². The monoisotopic (exact) mass is 310 g/mol. The van der Waals surface area contributed by atoms with Crippen molar-refractivity contribution >= 4 is 17.7 Å². The van der Waals surface area contributed by atoms with Crippen LogP contribution in [-0.2, 0) is 14.4 Å². The highest BCUT2D eigenvalue weighted by Gasteiger charge is 2.47. The summed E-state index contributed by atoms with van der Waals surface area (Å²) in [6.07, 6.45) is 0.236. The number of rotatable bonds is 3. The van der Waals surface area contributed by atoms with Crippen LogP contribution in [0.1, 0.15) is 61.8 Å². The molecule has 0 aliphatic carbocycles. The van der Waals surface area contributed by atoms with Gasteiger partial charge in [0.05, 0.1) is 11.8 Å². The summed E-state index contributed by atoms with van der Waals surface area (Å²) in [7, 11) is 0. The Bertz CT molecular complexity index is 471. The first-order valence-electron chi connectivity index (χ1n) is 7.93. The number of nitrogens with one attached hydrogen (secondary N) is 1. The molecule has 5 heteroatoms. The van der Waals surface area contributed by atoms with Crippen LogP contribution in [0.2, 0.25) is 0 Å². The summed E-state index contributed by atoms with van der Waals surface area (Å²) >= 11 is 0. The van der Waals surface area contributed by atoms with Crippen molar-refractivity contribution in [2.45, 2.75) is 73.4 Å². The zero-order chi connectivity index (χ0) is 17.5. The number of nitrogens with zero attached hydrogens (tertiary/aromatic N) is 1. The molecule has 0 aromatic rings. The first-order valence-corrected chi connectivity index (χ1v) is 7.93. The largest absolute Gasteiger partial charge is 0.351 e. The highest BCUT2D eigenvalue weighted by atomic mass is 16.2. The predicted molar refractivity (Wildman–Crippen MR) is 85.9 cm³/mol. The molecule has 1 saturated heterocycles. The van der Waals surface area contributed by atoms with Gasteiger partial charge in [-0.1, -0.05) is 27.7 Å². The van der Waals surface area contributed by atoms with Gasteiger partial charge in [-0.2, -0.15) is 0 Å². The maximum absolute atomic E-state index is 12.6. The Labute approximate surface area is 133 Å². The Morgan fingerprint density at radius 2 is 1.64 bits per heavy atom. The topological polar surface area (TPSA) is 66.5 Å². The van der Waals surface area contributed by atoms with E-state index in [1.165, 1.54) is 4.90 Å². The molecule has 3 unspecified atom stereocenters. The molecular weight excluding hydrogens is 280 g/mol. The van der Waals surface area contributed by atoms with E-state index in [-0.39, 0.29) is 41.0 Å². The lowest BCUT2D eigenvalue weighted by Crippen LogP contribution is -2.51. The zero-order valence-electron chi connectivity index (χ0n) is 15.1. The number of likely N-dealkylation sites (tertiary alicyclic amines) is 1. The molecule has 0 aromatic heterocycles. The van der Waals surface area contributed by atoms with Crippen molar-refractivity contribution in [3.8, 4) is 0 Å². The van der Waals surface area contributed by atoms with Gasteiger partial charge >= 0.3 is 0 Å². The van der Waals surface area contributed by atoms with Crippen LogP contribution in [0.3, 0.4) is 0 Å². The number of hydrogen-bond acceptors (Lipinski definition) is 3. The van der Waals surface area contributed by atoms with Crippen molar-refractivity contribution in [2.75, 3.05) is 0 Å². The van der Waals surface area contributed by atoms with Gasteiger partial charge < -0.3 is 5.32 Å². The standard InChI is InChI=1S/C17H30N2O3/c1-10(14(21)18-17(6,7)8)11(2)19-13(20)9-12(15(19)22)16(3,4)5/h10-12H,9H2,1-8H3,(H,18,21). The molecule has 22 heavy (non-hydrogen) atoms. The zero-order valence-corrected chi connectivity index (χ0v) is 15.1. The van der Waals surface area contributed by atoms with E-state index in [2.05, 4.69) is 5.32 Å². The van der Waals surface area contributed by atoms with Gasteiger partial charge in [0, 0.05) is 18.0 Å². The Balaban J connectivity index is 2.89. The third-order valence-corrected chi connectivity index (χ3v) is 4.27. The summed E-state index contributed by atoms with van der Waals surface area (Å²) in [4.78, 5) is 38.4. The van der Waals surface area contributed by atoms with E-state index in [9.17, 15) is 14.4 Å². The van der Waals surface area contributed by atoms with E-state index in [1.807, 2.05) is 41.5 Å². The molecule has 5 nitrogen and oxygen atoms in total. The van der Waals surface area contributed by atoms with Crippen LogP contribution >= 0.6 is 0 Å². The number of amides is 3. The first kappa shape index (κ1) is 18.7. The van der Waals surface area contributed by atoms with Crippen molar-refractivity contribution < 1.29 is 14.4 Å². The van der Waals surface area contributed by atoms with Crippen LogP contribution in [0, 0.1) is 17.3 Å². The van der Waals surface area contributed by atoms with Crippen LogP contribution in [-0.4, -0.2) is 34.2 Å². The third kappa shape index (κ3) is 4.08. The fourth-order valence-electron chi connectivity index (χ4n) is 2.68. The third-order valence-electron chi connectivity index (χ3n) is 4.27. The van der Waals surface area contributed by atoms with Gasteiger partial charge in [-0.05, 0) is 33.1 Å². The fourth-order valence-corrected chi connectivity index (χ4v) is 2.68. The molecule has 1 rings (SSSR count). The lowest BCUT2D eigenvalue weighted by Gasteiger charge is -2.31. The van der Waals surface area contributed by atoms with Crippen LogP contribution in [0.25, 0.3) is 0 Å². The molecule has 1 aliphatic rings. The molecule has 3 amide bonds. The van der Waals surface area contributed by atoms with Gasteiger partial charge in [0.25, 0.3) is 0 Å². The predicted octanol–water partition coefficient (Wildman–Crippen LogP) is 2.35. The molecule has 0 radical (unpaired) electrons. The number of imide groups is 1. The minimum Gasteiger partial charge on any atom is -0.351 e. The summed E-state index contributed by atoms with van der Waals surface area (Å²) in [5.74, 6) is -1.21. The Morgan fingerprint density at radius 1 is 1.14 bits per heavy atom. The average molecular weight is 310 g/mol. The highest BCUT2D eigenvalue weighted by molar-refractivity contribution is 6.04. The van der Waals surface area contributed by atoms with E-state index in [0.29, 0.717) is 0 Å². The van der Waals surface area contributed by atoms with Gasteiger partial charge in [0.2, 0.25) is 17.7 Å². The second-order valence-electron chi connectivity index (χ2n) is 8.49. The Hall–Kier alpha value is -1.39. The van der Waals surface area contributed by atoms with E-state index < -0.39 is 12.0 Å². The Morgan fingerprint density at radius 3 is 2.00 bits per heavy atom. The van der Waals surface area contributed by atoms with E-state index in [1.54, 1.807) is 13.8 Å². The molecule has 0 bridgehead atoms. The average Bonchev–Trinajstić information content (AvgIpc) is 2.60. The fraction of sp³-hybridized carbons (Fsp3) is 0.824. The second kappa shape index (κ2) is 6.01. The van der Waals surface area contributed by atoms with Gasteiger partial charge in [-0.3, -0.25) is 19.3 Å². The SMILES string of the molecule is CC(C(=O)NC(C)(C)C)C(C)N1C(=O)CC(C(C)(C)C)C1=O. The van der Waals surface area contributed by atoms with E-state index >= 15 is 0 Å². The highest BCUT2D eigenvalue weighted by Crippen LogP contribution is 2.37. The lowest BCUT2D eigenvalue weighted by atomic mass is 9.80. The van der Waals surface area contributed by atoms with E-state index in [0.717, 1.165) is 0 Å². The minimum absolute atomic E-state index is 0.139. The van der Waals surface area contributed by atoms with Gasteiger partial charge in [0.1, 0.15) is 0 Å². The molecule has 3 atom stereocenters. The van der Waals surface area contributed by atoms with Gasteiger partial charge in [-0.15, -0.1) is 0 Å². The molecule has 0 spiro atoms. The molecular formula is C17H30N2O3. The quantitative estimate of drug-likeness (QED) is 0.814. The molecule has 0 saturated carbocycles. The van der Waals surface area contributed by atoms with Crippen molar-refractivity contribution in [3.63, 3.8) is 0 Å². The molecule has 1 aliphatic heterocycles.